The maximum atomic E-state index is 12.9. The molecule has 2 atom stereocenters. The van der Waals surface area contributed by atoms with Crippen molar-refractivity contribution in [2.24, 2.45) is 5.92 Å². The van der Waals surface area contributed by atoms with Crippen LogP contribution in [0.2, 0.25) is 5.02 Å². The highest BCUT2D eigenvalue weighted by Crippen LogP contribution is 2.49. The van der Waals surface area contributed by atoms with E-state index < -0.39 is 0 Å². The number of benzene rings is 1. The summed E-state index contributed by atoms with van der Waals surface area (Å²) < 4.78 is 0. The molecule has 1 heterocycles. The molecule has 0 spiro atoms. The molecule has 3 nitrogen and oxygen atoms in total. The maximum Gasteiger partial charge on any atom is 0.226 e. The van der Waals surface area contributed by atoms with E-state index in [2.05, 4.69) is 4.98 Å². The molecule has 0 radical (unpaired) electrons. The molecular formula is C19H19ClN2O. The van der Waals surface area contributed by atoms with Crippen LogP contribution in [-0.4, -0.2) is 21.8 Å². The zero-order valence-electron chi connectivity index (χ0n) is 12.9. The Morgan fingerprint density at radius 3 is 2.61 bits per heavy atom. The van der Waals surface area contributed by atoms with Crippen LogP contribution >= 0.6 is 11.6 Å². The van der Waals surface area contributed by atoms with E-state index in [1.807, 2.05) is 47.4 Å². The Balaban J connectivity index is 1.46. The smallest absolute Gasteiger partial charge is 0.226 e. The maximum absolute atomic E-state index is 12.9. The topological polar surface area (TPSA) is 33.2 Å². The van der Waals surface area contributed by atoms with Gasteiger partial charge in [-0.1, -0.05) is 29.8 Å². The predicted octanol–water partition coefficient (Wildman–Crippen LogP) is 4.03. The first-order valence-corrected chi connectivity index (χ1v) is 8.56. The summed E-state index contributed by atoms with van der Waals surface area (Å²) >= 11 is 5.94. The Hall–Kier alpha value is -1.87. The molecule has 1 amide bonds. The fourth-order valence-electron chi connectivity index (χ4n) is 3.20. The molecule has 0 aliphatic heterocycles. The zero-order chi connectivity index (χ0) is 15.8. The summed E-state index contributed by atoms with van der Waals surface area (Å²) in [5.41, 5.74) is 2.19. The highest BCUT2D eigenvalue weighted by molar-refractivity contribution is 6.30. The van der Waals surface area contributed by atoms with Crippen molar-refractivity contribution in [1.29, 1.82) is 0 Å². The molecule has 0 bridgehead atoms. The normalized spacial score (nSPS) is 22.7. The summed E-state index contributed by atoms with van der Waals surface area (Å²) in [6.45, 7) is 0.633. The number of hydrogen-bond acceptors (Lipinski definition) is 2. The first kappa shape index (κ1) is 14.7. The SMILES string of the molecule is O=C([C@H]1C[C@@H]1c1ccc(Cl)cc1)N(Cc1ccccn1)C1CC1. The van der Waals surface area contributed by atoms with E-state index in [0.29, 0.717) is 18.5 Å². The molecule has 2 aliphatic carbocycles. The monoisotopic (exact) mass is 326 g/mol. The van der Waals surface area contributed by atoms with Crippen LogP contribution in [0.25, 0.3) is 0 Å². The standard InChI is InChI=1S/C19H19ClN2O/c20-14-6-4-13(5-7-14)17-11-18(17)19(23)22(16-8-9-16)12-15-3-1-2-10-21-15/h1-7,10,16-18H,8-9,11-12H2/t17-,18+/m1/s1. The molecule has 2 aromatic rings. The van der Waals surface area contributed by atoms with Crippen molar-refractivity contribution in [2.75, 3.05) is 0 Å². The first-order valence-electron chi connectivity index (χ1n) is 8.18. The lowest BCUT2D eigenvalue weighted by atomic mass is 10.1. The first-order chi connectivity index (χ1) is 11.2. The van der Waals surface area contributed by atoms with Crippen molar-refractivity contribution in [2.45, 2.75) is 37.8 Å². The minimum absolute atomic E-state index is 0.125. The van der Waals surface area contributed by atoms with Crippen molar-refractivity contribution in [3.8, 4) is 0 Å². The van der Waals surface area contributed by atoms with Crippen LogP contribution in [0.15, 0.2) is 48.7 Å². The van der Waals surface area contributed by atoms with Gasteiger partial charge in [0.15, 0.2) is 0 Å². The molecule has 1 aromatic heterocycles. The molecule has 0 unspecified atom stereocenters. The molecule has 118 valence electrons. The largest absolute Gasteiger partial charge is 0.334 e. The molecule has 1 aromatic carbocycles. The molecule has 0 N–H and O–H groups in total. The lowest BCUT2D eigenvalue weighted by Gasteiger charge is -2.22. The number of carbonyl (C=O) groups excluding carboxylic acids is 1. The van der Waals surface area contributed by atoms with E-state index in [-0.39, 0.29) is 11.8 Å². The van der Waals surface area contributed by atoms with Gasteiger partial charge in [0.05, 0.1) is 12.2 Å². The van der Waals surface area contributed by atoms with Gasteiger partial charge in [0.25, 0.3) is 0 Å². The van der Waals surface area contributed by atoms with E-state index in [1.165, 1.54) is 5.56 Å². The third-order valence-corrected chi connectivity index (χ3v) is 4.99. The number of rotatable bonds is 5. The molecule has 0 saturated heterocycles. The van der Waals surface area contributed by atoms with Gasteiger partial charge in [0, 0.05) is 23.2 Å². The second-order valence-corrected chi connectivity index (χ2v) is 6.96. The van der Waals surface area contributed by atoms with Gasteiger partial charge in [-0.3, -0.25) is 9.78 Å². The number of pyridine rings is 1. The van der Waals surface area contributed by atoms with Crippen LogP contribution in [0.4, 0.5) is 0 Å². The number of aromatic nitrogens is 1. The molecular weight excluding hydrogens is 308 g/mol. The highest BCUT2D eigenvalue weighted by atomic mass is 35.5. The van der Waals surface area contributed by atoms with Gasteiger partial charge in [0.1, 0.15) is 0 Å². The lowest BCUT2D eigenvalue weighted by molar-refractivity contribution is -0.134. The van der Waals surface area contributed by atoms with Crippen molar-refractivity contribution < 1.29 is 4.79 Å². The van der Waals surface area contributed by atoms with E-state index in [9.17, 15) is 4.79 Å². The Morgan fingerprint density at radius 1 is 1.17 bits per heavy atom. The molecule has 2 saturated carbocycles. The zero-order valence-corrected chi connectivity index (χ0v) is 13.6. The summed E-state index contributed by atoms with van der Waals surface area (Å²) in [5, 5.41) is 0.743. The summed E-state index contributed by atoms with van der Waals surface area (Å²) in [4.78, 5) is 19.3. The van der Waals surface area contributed by atoms with Gasteiger partial charge in [-0.05, 0) is 55.0 Å². The summed E-state index contributed by atoms with van der Waals surface area (Å²) in [5.74, 6) is 0.767. The Labute approximate surface area is 141 Å². The lowest BCUT2D eigenvalue weighted by Crippen LogP contribution is -2.34. The van der Waals surface area contributed by atoms with Crippen molar-refractivity contribution >= 4 is 17.5 Å². The van der Waals surface area contributed by atoms with Gasteiger partial charge in [-0.15, -0.1) is 0 Å². The molecule has 23 heavy (non-hydrogen) atoms. The minimum Gasteiger partial charge on any atom is -0.334 e. The van der Waals surface area contributed by atoms with Crippen molar-refractivity contribution in [3.63, 3.8) is 0 Å². The minimum atomic E-state index is 0.125. The Kier molecular flexibility index (Phi) is 3.82. The summed E-state index contributed by atoms with van der Waals surface area (Å²) in [7, 11) is 0. The third-order valence-electron chi connectivity index (χ3n) is 4.74. The number of hydrogen-bond donors (Lipinski definition) is 0. The highest BCUT2D eigenvalue weighted by Gasteiger charge is 2.48. The van der Waals surface area contributed by atoms with Gasteiger partial charge < -0.3 is 4.90 Å². The molecule has 2 fully saturated rings. The quantitative estimate of drug-likeness (QED) is 0.831. The van der Waals surface area contributed by atoms with Crippen LogP contribution in [0, 0.1) is 5.92 Å². The average molecular weight is 327 g/mol. The van der Waals surface area contributed by atoms with Crippen molar-refractivity contribution in [3.05, 3.63) is 64.9 Å². The summed E-state index contributed by atoms with van der Waals surface area (Å²) in [6.07, 6.45) is 4.98. The van der Waals surface area contributed by atoms with Gasteiger partial charge in [-0.25, -0.2) is 0 Å². The molecule has 4 rings (SSSR count). The van der Waals surface area contributed by atoms with Gasteiger partial charge in [-0.2, -0.15) is 0 Å². The van der Waals surface area contributed by atoms with Crippen LogP contribution in [-0.2, 0) is 11.3 Å². The second kappa shape index (κ2) is 5.97. The van der Waals surface area contributed by atoms with Crippen LogP contribution < -0.4 is 0 Å². The number of carbonyl (C=O) groups is 1. The fraction of sp³-hybridized carbons (Fsp3) is 0.368. The Bertz CT molecular complexity index is 697. The number of amides is 1. The van der Waals surface area contributed by atoms with E-state index in [0.717, 1.165) is 30.0 Å². The van der Waals surface area contributed by atoms with Crippen LogP contribution in [0.3, 0.4) is 0 Å². The predicted molar refractivity (Wildman–Crippen MR) is 90.1 cm³/mol. The van der Waals surface area contributed by atoms with Gasteiger partial charge >= 0.3 is 0 Å². The van der Waals surface area contributed by atoms with E-state index in [4.69, 9.17) is 11.6 Å². The van der Waals surface area contributed by atoms with Crippen LogP contribution in [0.5, 0.6) is 0 Å². The number of halogens is 1. The second-order valence-electron chi connectivity index (χ2n) is 6.52. The van der Waals surface area contributed by atoms with Crippen LogP contribution in [0.1, 0.15) is 36.4 Å². The molecule has 2 aliphatic rings. The average Bonchev–Trinajstić information content (AvgIpc) is 3.47. The van der Waals surface area contributed by atoms with Gasteiger partial charge in [0.2, 0.25) is 5.91 Å². The Morgan fingerprint density at radius 2 is 1.96 bits per heavy atom. The third kappa shape index (κ3) is 3.25. The van der Waals surface area contributed by atoms with E-state index >= 15 is 0 Å². The van der Waals surface area contributed by atoms with Crippen molar-refractivity contribution in [1.82, 2.24) is 9.88 Å². The molecule has 4 heteroatoms. The number of nitrogens with zero attached hydrogens (tertiary/aromatic N) is 2. The fourth-order valence-corrected chi connectivity index (χ4v) is 3.32. The summed E-state index contributed by atoms with van der Waals surface area (Å²) in [6, 6.07) is 14.2. The van der Waals surface area contributed by atoms with E-state index in [1.54, 1.807) is 6.20 Å².